The highest BCUT2D eigenvalue weighted by molar-refractivity contribution is 5.94. The first kappa shape index (κ1) is 14.3. The summed E-state index contributed by atoms with van der Waals surface area (Å²) >= 11 is 0. The summed E-state index contributed by atoms with van der Waals surface area (Å²) in [5.41, 5.74) is 0.623. The van der Waals surface area contributed by atoms with Crippen molar-refractivity contribution in [1.82, 2.24) is 4.98 Å². The molecule has 0 saturated carbocycles. The summed E-state index contributed by atoms with van der Waals surface area (Å²) in [6.45, 7) is 1.07. The summed E-state index contributed by atoms with van der Waals surface area (Å²) in [5, 5.41) is 11.1. The molecule has 1 fully saturated rings. The van der Waals surface area contributed by atoms with Gasteiger partial charge in [0.1, 0.15) is 13.2 Å². The number of hydrogen-bond donors (Lipinski definition) is 2. The largest absolute Gasteiger partial charge is 0.480 e. The third kappa shape index (κ3) is 3.92. The number of hydrogen-bond acceptors (Lipinski definition) is 5. The van der Waals surface area contributed by atoms with Crippen LogP contribution in [0.2, 0.25) is 0 Å². The van der Waals surface area contributed by atoms with Crippen LogP contribution in [0.4, 0.5) is 11.5 Å². The molecule has 1 aliphatic rings. The Bertz CT molecular complexity index is 486. The number of rotatable bonds is 6. The van der Waals surface area contributed by atoms with E-state index >= 15 is 0 Å². The van der Waals surface area contributed by atoms with Crippen LogP contribution in [0.15, 0.2) is 18.3 Å². The fraction of sp³-hybridized carbons (Fsp3) is 0.462. The number of pyridine rings is 1. The molecular formula is C13H17N3O4. The maximum Gasteiger partial charge on any atom is 0.329 e. The van der Waals surface area contributed by atoms with Gasteiger partial charge < -0.3 is 20.1 Å². The molecule has 1 aromatic rings. The van der Waals surface area contributed by atoms with Crippen LogP contribution < -0.4 is 10.2 Å². The zero-order valence-electron chi connectivity index (χ0n) is 11.0. The Morgan fingerprint density at radius 2 is 2.10 bits per heavy atom. The molecule has 1 aliphatic heterocycles. The molecule has 1 aromatic heterocycles. The summed E-state index contributed by atoms with van der Waals surface area (Å²) in [6, 6.07) is 3.52. The predicted molar refractivity (Wildman–Crippen MR) is 72.8 cm³/mol. The number of nitrogens with zero attached hydrogens (tertiary/aromatic N) is 2. The van der Waals surface area contributed by atoms with E-state index in [4.69, 9.17) is 9.84 Å². The molecule has 1 saturated heterocycles. The Balaban J connectivity index is 1.94. The highest BCUT2D eigenvalue weighted by Crippen LogP contribution is 2.25. The van der Waals surface area contributed by atoms with Crippen LogP contribution in [-0.4, -0.2) is 48.3 Å². The number of carboxylic acid groups (broad SMARTS) is 1. The van der Waals surface area contributed by atoms with E-state index in [2.05, 4.69) is 15.2 Å². The molecule has 0 spiro atoms. The van der Waals surface area contributed by atoms with Gasteiger partial charge in [-0.25, -0.2) is 9.78 Å². The van der Waals surface area contributed by atoms with Crippen molar-refractivity contribution in [2.24, 2.45) is 0 Å². The van der Waals surface area contributed by atoms with E-state index in [0.29, 0.717) is 5.69 Å². The van der Waals surface area contributed by atoms with Crippen molar-refractivity contribution in [3.63, 3.8) is 0 Å². The first-order chi connectivity index (χ1) is 9.66. The minimum absolute atomic E-state index is 0.291. The number of carbonyl (C=O) groups excluding carboxylic acids is 1. The molecule has 0 atom stereocenters. The van der Waals surface area contributed by atoms with Crippen molar-refractivity contribution in [2.45, 2.75) is 12.8 Å². The van der Waals surface area contributed by atoms with Gasteiger partial charge in [0.15, 0.2) is 5.82 Å². The predicted octanol–water partition coefficient (Wildman–Crippen LogP) is 0.721. The summed E-state index contributed by atoms with van der Waals surface area (Å²) < 4.78 is 4.75. The number of anilines is 2. The van der Waals surface area contributed by atoms with E-state index < -0.39 is 12.6 Å². The molecule has 2 rings (SSSR count). The lowest BCUT2D eigenvalue weighted by Crippen LogP contribution is -2.24. The molecule has 0 aromatic carbocycles. The van der Waals surface area contributed by atoms with Gasteiger partial charge in [0.05, 0.1) is 5.69 Å². The Morgan fingerprint density at radius 3 is 2.80 bits per heavy atom. The Labute approximate surface area is 116 Å². The van der Waals surface area contributed by atoms with Crippen LogP contribution in [0.5, 0.6) is 0 Å². The molecule has 7 nitrogen and oxygen atoms in total. The number of amides is 1. The molecule has 20 heavy (non-hydrogen) atoms. The van der Waals surface area contributed by atoms with E-state index in [1.807, 2.05) is 0 Å². The molecule has 0 aliphatic carbocycles. The van der Waals surface area contributed by atoms with E-state index in [1.165, 1.54) is 0 Å². The average molecular weight is 279 g/mol. The van der Waals surface area contributed by atoms with Gasteiger partial charge in [-0.3, -0.25) is 4.79 Å². The normalized spacial score (nSPS) is 14.3. The molecule has 0 unspecified atom stereocenters. The van der Waals surface area contributed by atoms with Crippen molar-refractivity contribution in [2.75, 3.05) is 36.5 Å². The fourth-order valence-corrected chi connectivity index (χ4v) is 2.09. The van der Waals surface area contributed by atoms with Crippen molar-refractivity contribution < 1.29 is 19.4 Å². The third-order valence-corrected chi connectivity index (χ3v) is 2.93. The molecule has 1 amide bonds. The second-order valence-corrected chi connectivity index (χ2v) is 4.50. The van der Waals surface area contributed by atoms with E-state index in [0.717, 1.165) is 31.7 Å². The van der Waals surface area contributed by atoms with Gasteiger partial charge in [-0.05, 0) is 25.0 Å². The monoisotopic (exact) mass is 279 g/mol. The summed E-state index contributed by atoms with van der Waals surface area (Å²) in [4.78, 5) is 28.4. The highest BCUT2D eigenvalue weighted by Gasteiger charge is 2.17. The standard InChI is InChI=1S/C13H17N3O4/c17-11(8-20-9-12(18)19)15-10-4-3-5-14-13(10)16-6-1-2-7-16/h3-5H,1-2,6-9H2,(H,15,17)(H,18,19). The molecule has 2 heterocycles. The van der Waals surface area contributed by atoms with Crippen LogP contribution in [0, 0.1) is 0 Å². The first-order valence-corrected chi connectivity index (χ1v) is 6.46. The Morgan fingerprint density at radius 1 is 1.35 bits per heavy atom. The fourth-order valence-electron chi connectivity index (χ4n) is 2.09. The van der Waals surface area contributed by atoms with Crippen molar-refractivity contribution in [1.29, 1.82) is 0 Å². The number of carboxylic acids is 1. The number of nitrogens with one attached hydrogen (secondary N) is 1. The number of carbonyl (C=O) groups is 2. The second kappa shape index (κ2) is 6.85. The first-order valence-electron chi connectivity index (χ1n) is 6.46. The van der Waals surface area contributed by atoms with Gasteiger partial charge in [-0.1, -0.05) is 0 Å². The summed E-state index contributed by atoms with van der Waals surface area (Å²) in [5.74, 6) is -0.742. The van der Waals surface area contributed by atoms with E-state index in [-0.39, 0.29) is 12.5 Å². The van der Waals surface area contributed by atoms with Crippen molar-refractivity contribution in [3.8, 4) is 0 Å². The maximum atomic E-state index is 11.7. The minimum Gasteiger partial charge on any atom is -0.480 e. The lowest BCUT2D eigenvalue weighted by molar-refractivity contribution is -0.143. The van der Waals surface area contributed by atoms with Crippen molar-refractivity contribution in [3.05, 3.63) is 18.3 Å². The SMILES string of the molecule is O=C(O)COCC(=O)Nc1cccnc1N1CCCC1. The number of aromatic nitrogens is 1. The zero-order chi connectivity index (χ0) is 14.4. The Kier molecular flexibility index (Phi) is 4.89. The summed E-state index contributed by atoms with van der Waals surface area (Å²) in [6.07, 6.45) is 3.92. The van der Waals surface area contributed by atoms with Crippen LogP contribution >= 0.6 is 0 Å². The average Bonchev–Trinajstić information content (AvgIpc) is 2.92. The van der Waals surface area contributed by atoms with Gasteiger partial charge in [-0.2, -0.15) is 0 Å². The van der Waals surface area contributed by atoms with Crippen LogP contribution in [0.25, 0.3) is 0 Å². The molecule has 2 N–H and O–H groups in total. The smallest absolute Gasteiger partial charge is 0.329 e. The number of ether oxygens (including phenoxy) is 1. The van der Waals surface area contributed by atoms with E-state index in [1.54, 1.807) is 18.3 Å². The maximum absolute atomic E-state index is 11.7. The third-order valence-electron chi connectivity index (χ3n) is 2.93. The van der Waals surface area contributed by atoms with Gasteiger partial charge in [0.25, 0.3) is 0 Å². The lowest BCUT2D eigenvalue weighted by Gasteiger charge is -2.19. The van der Waals surface area contributed by atoms with Gasteiger partial charge in [0.2, 0.25) is 5.91 Å². The molecule has 0 bridgehead atoms. The van der Waals surface area contributed by atoms with Gasteiger partial charge in [0, 0.05) is 19.3 Å². The summed E-state index contributed by atoms with van der Waals surface area (Å²) in [7, 11) is 0. The van der Waals surface area contributed by atoms with Gasteiger partial charge >= 0.3 is 5.97 Å². The quantitative estimate of drug-likeness (QED) is 0.797. The topological polar surface area (TPSA) is 91.8 Å². The lowest BCUT2D eigenvalue weighted by atomic mass is 10.3. The number of aliphatic carboxylic acids is 1. The molecule has 0 radical (unpaired) electrons. The second-order valence-electron chi connectivity index (χ2n) is 4.50. The molecule has 108 valence electrons. The highest BCUT2D eigenvalue weighted by atomic mass is 16.5. The minimum atomic E-state index is -1.10. The van der Waals surface area contributed by atoms with Crippen molar-refractivity contribution >= 4 is 23.4 Å². The van der Waals surface area contributed by atoms with Gasteiger partial charge in [-0.15, -0.1) is 0 Å². The molecular weight excluding hydrogens is 262 g/mol. The zero-order valence-corrected chi connectivity index (χ0v) is 11.0. The Hall–Kier alpha value is -2.15. The van der Waals surface area contributed by atoms with Crippen LogP contribution in [-0.2, 0) is 14.3 Å². The van der Waals surface area contributed by atoms with Crippen LogP contribution in [0.1, 0.15) is 12.8 Å². The molecule has 7 heteroatoms. The van der Waals surface area contributed by atoms with Crippen LogP contribution in [0.3, 0.4) is 0 Å². The van der Waals surface area contributed by atoms with E-state index in [9.17, 15) is 9.59 Å².